The number of urea groups is 1. The summed E-state index contributed by atoms with van der Waals surface area (Å²) >= 11 is 0. The summed E-state index contributed by atoms with van der Waals surface area (Å²) in [5.74, 6) is 1.86. The van der Waals surface area contributed by atoms with E-state index in [1.807, 2.05) is 17.0 Å². The zero-order chi connectivity index (χ0) is 33.6. The van der Waals surface area contributed by atoms with Crippen molar-refractivity contribution in [2.75, 3.05) is 26.2 Å². The van der Waals surface area contributed by atoms with E-state index in [1.54, 1.807) is 12.1 Å². The van der Waals surface area contributed by atoms with Crippen LogP contribution in [0.1, 0.15) is 115 Å². The third-order valence-electron chi connectivity index (χ3n) is 15.8. The van der Waals surface area contributed by atoms with Crippen LogP contribution in [0.15, 0.2) is 42.5 Å². The van der Waals surface area contributed by atoms with Crippen LogP contribution in [0.25, 0.3) is 5.57 Å². The van der Waals surface area contributed by atoms with Crippen molar-refractivity contribution >= 4 is 17.6 Å². The highest BCUT2D eigenvalue weighted by molar-refractivity contribution is 5.88. The summed E-state index contributed by atoms with van der Waals surface area (Å²) in [6.07, 6.45) is 13.1. The van der Waals surface area contributed by atoms with Crippen molar-refractivity contribution in [2.24, 2.45) is 51.2 Å². The molecule has 6 heteroatoms. The van der Waals surface area contributed by atoms with Crippen LogP contribution in [0.3, 0.4) is 0 Å². The van der Waals surface area contributed by atoms with Gasteiger partial charge in [0.2, 0.25) is 0 Å². The quantitative estimate of drug-likeness (QED) is 0.289. The first-order valence-corrected chi connectivity index (χ1v) is 18.7. The molecule has 1 aromatic carbocycles. The molecule has 0 unspecified atom stereocenters. The molecule has 9 atom stereocenters. The van der Waals surface area contributed by atoms with E-state index >= 15 is 0 Å². The molecule has 5 aliphatic carbocycles. The SMILES string of the molecule is C=C(C)[C@@H]1CC[C@]2(NC(=O)N3CCNCC3)CC[C@]3(C)[C@H](CC[C@@H]4[C@@]5(C)CC=C(c6ccc(C(=O)O)cc6)C(C)(C)[C@@H]5CC[C@]43C)[C@@H]12. The largest absolute Gasteiger partial charge is 0.478 e. The van der Waals surface area contributed by atoms with E-state index in [-0.39, 0.29) is 33.2 Å². The van der Waals surface area contributed by atoms with E-state index in [9.17, 15) is 14.7 Å². The highest BCUT2D eigenvalue weighted by Crippen LogP contribution is 2.76. The molecule has 0 aromatic heterocycles. The van der Waals surface area contributed by atoms with E-state index in [2.05, 4.69) is 64.8 Å². The maximum absolute atomic E-state index is 13.8. The fraction of sp³-hybridized carbons (Fsp3) is 0.707. The first-order chi connectivity index (χ1) is 22.2. The number of benzene rings is 1. The zero-order valence-electron chi connectivity index (χ0n) is 29.9. The molecule has 0 spiro atoms. The number of carbonyl (C=O) groups is 2. The molecule has 3 N–H and O–H groups in total. The fourth-order valence-electron chi connectivity index (χ4n) is 13.4. The predicted molar refractivity (Wildman–Crippen MR) is 189 cm³/mol. The van der Waals surface area contributed by atoms with Crippen LogP contribution in [0, 0.1) is 51.2 Å². The molecule has 0 radical (unpaired) electrons. The lowest BCUT2D eigenvalue weighted by Gasteiger charge is -2.72. The van der Waals surface area contributed by atoms with E-state index in [4.69, 9.17) is 0 Å². The van der Waals surface area contributed by atoms with Gasteiger partial charge in [0.05, 0.1) is 5.56 Å². The van der Waals surface area contributed by atoms with Gasteiger partial charge in [-0.2, -0.15) is 0 Å². The zero-order valence-corrected chi connectivity index (χ0v) is 29.9. The number of hydrogen-bond donors (Lipinski definition) is 3. The molecule has 4 saturated carbocycles. The van der Waals surface area contributed by atoms with Crippen molar-refractivity contribution in [1.82, 2.24) is 15.5 Å². The smallest absolute Gasteiger partial charge is 0.335 e. The highest BCUT2D eigenvalue weighted by atomic mass is 16.4. The Balaban J connectivity index is 1.20. The van der Waals surface area contributed by atoms with Gasteiger partial charge in [0.1, 0.15) is 0 Å². The standard InChI is InChI=1S/C41H59N3O3/c1-26(2)29-14-19-41(43-36(47)44-24-22-42-23-25-44)21-20-39(6)31(34(29)41)12-13-33-38(5)17-15-30(27-8-10-28(11-9-27)35(45)46)37(3,4)32(38)16-18-40(33,39)7/h8-11,15,29,31-34,42H,1,12-14,16-25H2,2-7H3,(H,43,47)(H,45,46)/t29-,31+,32-,33+,34+,38-,39+,40+,41-/m0/s1. The average molecular weight is 642 g/mol. The van der Waals surface area contributed by atoms with Gasteiger partial charge in [0.25, 0.3) is 0 Å². The van der Waals surface area contributed by atoms with Crippen LogP contribution in [-0.2, 0) is 0 Å². The number of rotatable bonds is 4. The molecular formula is C41H59N3O3. The van der Waals surface area contributed by atoms with Gasteiger partial charge in [-0.3, -0.25) is 0 Å². The molecule has 6 aliphatic rings. The summed E-state index contributed by atoms with van der Waals surface area (Å²) in [7, 11) is 0. The molecule has 5 fully saturated rings. The van der Waals surface area contributed by atoms with Crippen molar-refractivity contribution in [2.45, 2.75) is 105 Å². The van der Waals surface area contributed by atoms with Gasteiger partial charge < -0.3 is 20.6 Å². The van der Waals surface area contributed by atoms with Gasteiger partial charge in [-0.1, -0.05) is 65.0 Å². The molecule has 1 saturated heterocycles. The minimum Gasteiger partial charge on any atom is -0.478 e. The number of amides is 2. The molecule has 6 nitrogen and oxygen atoms in total. The van der Waals surface area contributed by atoms with E-state index in [0.717, 1.165) is 51.9 Å². The number of nitrogens with zero attached hydrogens (tertiary/aromatic N) is 1. The third kappa shape index (κ3) is 4.73. The maximum atomic E-state index is 13.8. The average Bonchev–Trinajstić information content (AvgIpc) is 3.41. The molecule has 47 heavy (non-hydrogen) atoms. The summed E-state index contributed by atoms with van der Waals surface area (Å²) in [6, 6.07) is 7.72. The van der Waals surface area contributed by atoms with Gasteiger partial charge in [0, 0.05) is 31.7 Å². The number of aromatic carboxylic acids is 1. The minimum atomic E-state index is -0.870. The van der Waals surface area contributed by atoms with Crippen molar-refractivity contribution in [1.29, 1.82) is 0 Å². The molecule has 1 aromatic rings. The Morgan fingerprint density at radius 1 is 0.894 bits per heavy atom. The molecule has 1 heterocycles. The van der Waals surface area contributed by atoms with Crippen LogP contribution in [-0.4, -0.2) is 53.7 Å². The Labute approximate surface area is 283 Å². The topological polar surface area (TPSA) is 81.7 Å². The summed E-state index contributed by atoms with van der Waals surface area (Å²) in [5, 5.41) is 16.6. The molecule has 0 bridgehead atoms. The van der Waals surface area contributed by atoms with Gasteiger partial charge in [-0.05, 0) is 139 Å². The molecule has 2 amide bonds. The Morgan fingerprint density at radius 2 is 1.60 bits per heavy atom. The Bertz CT molecular complexity index is 1470. The highest BCUT2D eigenvalue weighted by Gasteiger charge is 2.70. The van der Waals surface area contributed by atoms with Crippen LogP contribution < -0.4 is 10.6 Å². The second kappa shape index (κ2) is 11.2. The van der Waals surface area contributed by atoms with Gasteiger partial charge >= 0.3 is 12.0 Å². The van der Waals surface area contributed by atoms with Gasteiger partial charge in [-0.25, -0.2) is 9.59 Å². The van der Waals surface area contributed by atoms with E-state index < -0.39 is 5.97 Å². The van der Waals surface area contributed by atoms with Crippen LogP contribution >= 0.6 is 0 Å². The molecule has 7 rings (SSSR count). The second-order valence-corrected chi connectivity index (χ2v) is 17.9. The van der Waals surface area contributed by atoms with Crippen molar-refractivity contribution < 1.29 is 14.7 Å². The maximum Gasteiger partial charge on any atom is 0.335 e. The first kappa shape index (κ1) is 32.9. The summed E-state index contributed by atoms with van der Waals surface area (Å²) in [5.41, 5.74) is 4.76. The summed E-state index contributed by atoms with van der Waals surface area (Å²) < 4.78 is 0. The number of hydrogen-bond acceptors (Lipinski definition) is 3. The van der Waals surface area contributed by atoms with Crippen LogP contribution in [0.2, 0.25) is 0 Å². The lowest BCUT2D eigenvalue weighted by Crippen LogP contribution is -2.69. The lowest BCUT2D eigenvalue weighted by molar-refractivity contribution is -0.218. The van der Waals surface area contributed by atoms with E-state index in [1.165, 1.54) is 48.8 Å². The van der Waals surface area contributed by atoms with Crippen molar-refractivity contribution in [3.05, 3.63) is 53.6 Å². The van der Waals surface area contributed by atoms with Crippen molar-refractivity contribution in [3.8, 4) is 0 Å². The number of fused-ring (bicyclic) bond motifs is 7. The van der Waals surface area contributed by atoms with Crippen LogP contribution in [0.5, 0.6) is 0 Å². The monoisotopic (exact) mass is 641 g/mol. The number of carboxylic acids is 1. The predicted octanol–water partition coefficient (Wildman–Crippen LogP) is 8.40. The number of nitrogens with one attached hydrogen (secondary N) is 2. The molecule has 1 aliphatic heterocycles. The van der Waals surface area contributed by atoms with Gasteiger partial charge in [0.15, 0.2) is 0 Å². The fourth-order valence-corrected chi connectivity index (χ4v) is 13.4. The first-order valence-electron chi connectivity index (χ1n) is 18.7. The normalized spacial score (nSPS) is 42.2. The Kier molecular flexibility index (Phi) is 7.86. The van der Waals surface area contributed by atoms with Gasteiger partial charge in [-0.15, -0.1) is 0 Å². The second-order valence-electron chi connectivity index (χ2n) is 17.9. The molecule has 256 valence electrons. The van der Waals surface area contributed by atoms with E-state index in [0.29, 0.717) is 35.2 Å². The summed E-state index contributed by atoms with van der Waals surface area (Å²) in [6.45, 7) is 23.0. The molecular weight excluding hydrogens is 582 g/mol. The number of carbonyl (C=O) groups excluding carboxylic acids is 1. The van der Waals surface area contributed by atoms with Crippen LogP contribution in [0.4, 0.5) is 4.79 Å². The number of carboxylic acid groups (broad SMARTS) is 1. The minimum absolute atomic E-state index is 0.00327. The number of allylic oxidation sites excluding steroid dienone is 3. The third-order valence-corrected chi connectivity index (χ3v) is 15.8. The summed E-state index contributed by atoms with van der Waals surface area (Å²) in [4.78, 5) is 27.4. The Hall–Kier alpha value is -2.60. The Morgan fingerprint density at radius 3 is 2.26 bits per heavy atom. The number of piperazine rings is 1. The van der Waals surface area contributed by atoms with Crippen molar-refractivity contribution in [3.63, 3.8) is 0 Å². The lowest BCUT2D eigenvalue weighted by atomic mass is 9.33.